The molecule has 0 unspecified atom stereocenters. The summed E-state index contributed by atoms with van der Waals surface area (Å²) in [4.78, 5) is 8.25. The minimum atomic E-state index is 0.415. The molecule has 1 aliphatic rings. The molecule has 3 heterocycles. The van der Waals surface area contributed by atoms with Crippen molar-refractivity contribution in [2.24, 2.45) is 0 Å². The summed E-state index contributed by atoms with van der Waals surface area (Å²) in [5, 5.41) is 0. The fourth-order valence-electron chi connectivity index (χ4n) is 1.55. The van der Waals surface area contributed by atoms with Gasteiger partial charge in [-0.15, -0.1) is 0 Å². The van der Waals surface area contributed by atoms with Gasteiger partial charge in [0.1, 0.15) is 19.4 Å². The largest absolute Gasteiger partial charge is 0.472 e. The van der Waals surface area contributed by atoms with Crippen molar-refractivity contribution in [3.63, 3.8) is 0 Å². The van der Waals surface area contributed by atoms with Crippen LogP contribution < -0.4 is 10.3 Å². The van der Waals surface area contributed by atoms with Gasteiger partial charge in [0.05, 0.1) is 5.56 Å². The number of ether oxygens (including phenoxy) is 1. The molecular formula is C9H6BN3O. The first kappa shape index (κ1) is 7.61. The van der Waals surface area contributed by atoms with Gasteiger partial charge in [-0.3, -0.25) is 4.98 Å². The normalized spacial score (nSPS) is 12.9. The van der Waals surface area contributed by atoms with Crippen LogP contribution in [0.5, 0.6) is 5.75 Å². The molecule has 2 radical (unpaired) electrons. The lowest BCUT2D eigenvalue weighted by atomic mass is 10.1. The van der Waals surface area contributed by atoms with Crippen LogP contribution in [0.4, 0.5) is 0 Å². The molecule has 0 saturated heterocycles. The Morgan fingerprint density at radius 3 is 3.29 bits per heavy atom. The third kappa shape index (κ3) is 0.892. The molecule has 1 aliphatic heterocycles. The van der Waals surface area contributed by atoms with Gasteiger partial charge in [-0.1, -0.05) is 0 Å². The smallest absolute Gasteiger partial charge is 0.165 e. The Bertz CT molecular complexity index is 495. The van der Waals surface area contributed by atoms with E-state index in [2.05, 4.69) is 9.97 Å². The molecule has 0 atom stereocenters. The highest BCUT2D eigenvalue weighted by Crippen LogP contribution is 2.30. The third-order valence-electron chi connectivity index (χ3n) is 2.26. The third-order valence-corrected chi connectivity index (χ3v) is 2.26. The molecule has 0 spiro atoms. The van der Waals surface area contributed by atoms with Gasteiger partial charge in [-0.05, 0) is 11.7 Å². The van der Waals surface area contributed by atoms with Gasteiger partial charge in [-0.2, -0.15) is 0 Å². The van der Waals surface area contributed by atoms with Crippen molar-refractivity contribution in [1.29, 1.82) is 0 Å². The highest BCUT2D eigenvalue weighted by Gasteiger charge is 2.18. The topological polar surface area (TPSA) is 39.9 Å². The number of nitrogens with zero attached hydrogens (tertiary/aromatic N) is 3. The quantitative estimate of drug-likeness (QED) is 0.543. The molecule has 2 aromatic rings. The van der Waals surface area contributed by atoms with Gasteiger partial charge in [-0.25, -0.2) is 4.98 Å². The first-order chi connectivity index (χ1) is 6.86. The monoisotopic (exact) mass is 183 g/mol. The minimum Gasteiger partial charge on any atom is -0.472 e. The Balaban J connectivity index is 2.29. The van der Waals surface area contributed by atoms with Crippen molar-refractivity contribution in [3.05, 3.63) is 24.7 Å². The van der Waals surface area contributed by atoms with E-state index in [0.29, 0.717) is 12.3 Å². The summed E-state index contributed by atoms with van der Waals surface area (Å²) in [6.45, 7) is 0.415. The van der Waals surface area contributed by atoms with Crippen molar-refractivity contribution in [2.45, 2.75) is 6.73 Å². The molecule has 0 aliphatic carbocycles. The van der Waals surface area contributed by atoms with Gasteiger partial charge in [0.2, 0.25) is 0 Å². The van der Waals surface area contributed by atoms with Gasteiger partial charge in [0.15, 0.2) is 6.73 Å². The Hall–Kier alpha value is -1.78. The highest BCUT2D eigenvalue weighted by molar-refractivity contribution is 6.31. The van der Waals surface area contributed by atoms with Crippen molar-refractivity contribution in [1.82, 2.24) is 14.5 Å². The van der Waals surface area contributed by atoms with E-state index in [1.807, 2.05) is 10.6 Å². The van der Waals surface area contributed by atoms with Crippen molar-refractivity contribution in [2.75, 3.05) is 0 Å². The molecule has 0 amide bonds. The van der Waals surface area contributed by atoms with E-state index < -0.39 is 0 Å². The highest BCUT2D eigenvalue weighted by atomic mass is 16.5. The summed E-state index contributed by atoms with van der Waals surface area (Å²) >= 11 is 0. The van der Waals surface area contributed by atoms with E-state index >= 15 is 0 Å². The van der Waals surface area contributed by atoms with Crippen LogP contribution in [0.15, 0.2) is 24.7 Å². The van der Waals surface area contributed by atoms with Crippen molar-refractivity contribution in [3.8, 4) is 17.1 Å². The molecule has 0 saturated carbocycles. The first-order valence-corrected chi connectivity index (χ1v) is 4.24. The maximum Gasteiger partial charge on any atom is 0.165 e. The summed E-state index contributed by atoms with van der Waals surface area (Å²) in [6.07, 6.45) is 5.05. The fourth-order valence-corrected chi connectivity index (χ4v) is 1.55. The Kier molecular flexibility index (Phi) is 1.42. The predicted octanol–water partition coefficient (Wildman–Crippen LogP) is 0.0888. The Labute approximate surface area is 82.0 Å². The van der Waals surface area contributed by atoms with Crippen LogP contribution in [-0.2, 0) is 6.73 Å². The molecule has 2 aromatic heterocycles. The number of fused-ring (bicyclic) bond motifs is 3. The maximum absolute atomic E-state index is 5.72. The molecule has 5 heteroatoms. The second kappa shape index (κ2) is 2.61. The Morgan fingerprint density at radius 1 is 1.43 bits per heavy atom. The predicted molar refractivity (Wildman–Crippen MR) is 51.5 cm³/mol. The molecule has 3 rings (SSSR count). The number of imidazole rings is 1. The molecule has 0 N–H and O–H groups in total. The lowest BCUT2D eigenvalue weighted by Crippen LogP contribution is -2.23. The van der Waals surface area contributed by atoms with Crippen molar-refractivity contribution >= 4 is 13.4 Å². The standard InChI is InChI=1S/C9H6BN3O/c10-8-4-12-9-6-3-11-2-1-7(6)14-5-13(8)9/h1-4H,5H2. The first-order valence-electron chi connectivity index (χ1n) is 4.24. The van der Waals surface area contributed by atoms with E-state index in [9.17, 15) is 0 Å². The Morgan fingerprint density at radius 2 is 2.36 bits per heavy atom. The lowest BCUT2D eigenvalue weighted by Gasteiger charge is -2.19. The molecule has 0 fully saturated rings. The number of aromatic nitrogens is 3. The van der Waals surface area contributed by atoms with Crippen LogP contribution in [-0.4, -0.2) is 22.4 Å². The van der Waals surface area contributed by atoms with Crippen LogP contribution >= 0.6 is 0 Å². The molecule has 0 aromatic carbocycles. The van der Waals surface area contributed by atoms with Gasteiger partial charge >= 0.3 is 0 Å². The SMILES string of the molecule is [B]c1cnc2n1COc1ccncc1-2. The zero-order chi connectivity index (χ0) is 9.54. The maximum atomic E-state index is 5.72. The average Bonchev–Trinajstić information content (AvgIpc) is 2.61. The molecular weight excluding hydrogens is 177 g/mol. The second-order valence-corrected chi connectivity index (χ2v) is 3.08. The zero-order valence-corrected chi connectivity index (χ0v) is 7.34. The van der Waals surface area contributed by atoms with Crippen LogP contribution in [0.1, 0.15) is 0 Å². The zero-order valence-electron chi connectivity index (χ0n) is 7.34. The number of pyridine rings is 1. The van der Waals surface area contributed by atoms with Crippen molar-refractivity contribution < 1.29 is 4.74 Å². The van der Waals surface area contributed by atoms with Crippen LogP contribution in [0.3, 0.4) is 0 Å². The summed E-state index contributed by atoms with van der Waals surface area (Å²) in [6, 6.07) is 1.82. The van der Waals surface area contributed by atoms with Crippen LogP contribution in [0, 0.1) is 0 Å². The minimum absolute atomic E-state index is 0.415. The summed E-state index contributed by atoms with van der Waals surface area (Å²) in [7, 11) is 5.72. The molecule has 66 valence electrons. The molecule has 14 heavy (non-hydrogen) atoms. The van der Waals surface area contributed by atoms with Crippen LogP contribution in [0.25, 0.3) is 11.4 Å². The van der Waals surface area contributed by atoms with E-state index in [1.165, 1.54) is 0 Å². The summed E-state index contributed by atoms with van der Waals surface area (Å²) in [5.41, 5.74) is 1.49. The molecule has 4 nitrogen and oxygen atoms in total. The summed E-state index contributed by atoms with van der Waals surface area (Å²) in [5.74, 6) is 1.62. The fraction of sp³-hybridized carbons (Fsp3) is 0.111. The summed E-state index contributed by atoms with van der Waals surface area (Å²) < 4.78 is 7.30. The van der Waals surface area contributed by atoms with E-state index in [-0.39, 0.29) is 0 Å². The number of hydrogen-bond acceptors (Lipinski definition) is 3. The number of rotatable bonds is 0. The average molecular weight is 183 g/mol. The lowest BCUT2D eigenvalue weighted by molar-refractivity contribution is 0.233. The van der Waals surface area contributed by atoms with Crippen LogP contribution in [0.2, 0.25) is 0 Å². The van der Waals surface area contributed by atoms with E-state index in [4.69, 9.17) is 12.6 Å². The number of hydrogen-bond donors (Lipinski definition) is 0. The van der Waals surface area contributed by atoms with E-state index in [0.717, 1.165) is 17.1 Å². The van der Waals surface area contributed by atoms with Gasteiger partial charge in [0.25, 0.3) is 0 Å². The second-order valence-electron chi connectivity index (χ2n) is 3.08. The molecule has 0 bridgehead atoms. The van der Waals surface area contributed by atoms with Gasteiger partial charge in [0, 0.05) is 18.6 Å². The van der Waals surface area contributed by atoms with Gasteiger partial charge < -0.3 is 9.30 Å². The van der Waals surface area contributed by atoms with E-state index in [1.54, 1.807) is 18.6 Å².